The zero-order chi connectivity index (χ0) is 28.0. The molecule has 0 aliphatic rings. The summed E-state index contributed by atoms with van der Waals surface area (Å²) >= 11 is 6.19. The van der Waals surface area contributed by atoms with Crippen LogP contribution in [-0.2, 0) is 16.6 Å². The molecule has 0 aliphatic heterocycles. The van der Waals surface area contributed by atoms with Gasteiger partial charge in [0, 0.05) is 16.1 Å². The molecule has 39 heavy (non-hydrogen) atoms. The summed E-state index contributed by atoms with van der Waals surface area (Å²) in [5, 5.41) is 3.23. The number of sulfonamides is 1. The van der Waals surface area contributed by atoms with Crippen LogP contribution in [0.3, 0.4) is 0 Å². The first-order valence-corrected chi connectivity index (χ1v) is 14.2. The fourth-order valence-corrected chi connectivity index (χ4v) is 4.85. The maximum atomic E-state index is 13.5. The predicted octanol–water partition coefficient (Wildman–Crippen LogP) is 6.89. The summed E-state index contributed by atoms with van der Waals surface area (Å²) in [6, 6.07) is 23.8. The molecule has 0 bridgehead atoms. The van der Waals surface area contributed by atoms with Crippen molar-refractivity contribution in [2.24, 2.45) is 0 Å². The van der Waals surface area contributed by atoms with Gasteiger partial charge in [-0.1, -0.05) is 29.8 Å². The summed E-state index contributed by atoms with van der Waals surface area (Å²) in [5.74, 6) is 0.440. The number of hydrogen-bond acceptors (Lipinski definition) is 5. The van der Waals surface area contributed by atoms with Crippen LogP contribution >= 0.6 is 11.6 Å². The highest BCUT2D eigenvalue weighted by Gasteiger charge is 2.21. The topological polar surface area (TPSA) is 84.9 Å². The number of halogens is 2. The summed E-state index contributed by atoms with van der Waals surface area (Å²) < 4.78 is 51.6. The van der Waals surface area contributed by atoms with Gasteiger partial charge in [0.1, 0.15) is 17.3 Å². The molecule has 0 aliphatic carbocycles. The van der Waals surface area contributed by atoms with E-state index in [0.29, 0.717) is 40.1 Å². The van der Waals surface area contributed by atoms with Crippen LogP contribution in [0, 0.1) is 5.82 Å². The molecule has 0 radical (unpaired) electrons. The minimum atomic E-state index is -3.76. The van der Waals surface area contributed by atoms with Crippen LogP contribution in [0.25, 0.3) is 0 Å². The van der Waals surface area contributed by atoms with Crippen molar-refractivity contribution >= 4 is 38.9 Å². The second-order valence-corrected chi connectivity index (χ2v) is 10.9. The molecule has 0 atom stereocenters. The Morgan fingerprint density at radius 2 is 1.64 bits per heavy atom. The molecule has 4 rings (SSSR count). The lowest BCUT2D eigenvalue weighted by Crippen LogP contribution is -2.29. The van der Waals surface area contributed by atoms with E-state index < -0.39 is 21.7 Å². The highest BCUT2D eigenvalue weighted by atomic mass is 35.5. The van der Waals surface area contributed by atoms with Crippen molar-refractivity contribution in [3.63, 3.8) is 0 Å². The Hall–Kier alpha value is -4.08. The van der Waals surface area contributed by atoms with Crippen molar-refractivity contribution in [1.82, 2.24) is 0 Å². The number of benzene rings is 4. The number of amides is 1. The quantitative estimate of drug-likeness (QED) is 0.225. The summed E-state index contributed by atoms with van der Waals surface area (Å²) in [4.78, 5) is 13.3. The Bertz CT molecular complexity index is 1560. The first-order chi connectivity index (χ1) is 18.6. The van der Waals surface area contributed by atoms with Crippen LogP contribution in [0.2, 0.25) is 5.02 Å². The van der Waals surface area contributed by atoms with E-state index in [4.69, 9.17) is 21.1 Å². The van der Waals surface area contributed by atoms with Crippen molar-refractivity contribution in [2.45, 2.75) is 13.5 Å². The SMILES string of the molecule is CCOc1ccc(C(=O)Nc2cc(Cl)ccc2Oc2ccccc2)cc1CN(c1ccc(F)cc1)S(C)(=O)=O. The molecule has 1 N–H and O–H groups in total. The van der Waals surface area contributed by atoms with Crippen molar-refractivity contribution < 1.29 is 27.1 Å². The number of ether oxygens (including phenoxy) is 2. The molecular weight excluding hydrogens is 543 g/mol. The van der Waals surface area contributed by atoms with Gasteiger partial charge in [-0.05, 0) is 79.7 Å². The Balaban J connectivity index is 1.65. The van der Waals surface area contributed by atoms with Gasteiger partial charge in [-0.15, -0.1) is 0 Å². The lowest BCUT2D eigenvalue weighted by atomic mass is 10.1. The van der Waals surface area contributed by atoms with Gasteiger partial charge in [-0.25, -0.2) is 12.8 Å². The van der Waals surface area contributed by atoms with Gasteiger partial charge < -0.3 is 14.8 Å². The number of rotatable bonds is 10. The van der Waals surface area contributed by atoms with Gasteiger partial charge >= 0.3 is 0 Å². The molecular formula is C29H26ClFN2O5S. The van der Waals surface area contributed by atoms with Crippen LogP contribution in [-0.4, -0.2) is 27.2 Å². The van der Waals surface area contributed by atoms with Crippen molar-refractivity contribution in [1.29, 1.82) is 0 Å². The molecule has 202 valence electrons. The van der Waals surface area contributed by atoms with E-state index in [0.717, 1.165) is 10.6 Å². The summed E-state index contributed by atoms with van der Waals surface area (Å²) in [6.45, 7) is 1.99. The lowest BCUT2D eigenvalue weighted by Gasteiger charge is -2.24. The summed E-state index contributed by atoms with van der Waals surface area (Å²) in [6.07, 6.45) is 1.06. The second-order valence-electron chi connectivity index (χ2n) is 8.51. The minimum Gasteiger partial charge on any atom is -0.494 e. The summed E-state index contributed by atoms with van der Waals surface area (Å²) in [7, 11) is -3.76. The average molecular weight is 569 g/mol. The van der Waals surface area contributed by atoms with Crippen LogP contribution in [0.4, 0.5) is 15.8 Å². The van der Waals surface area contributed by atoms with Crippen LogP contribution in [0.1, 0.15) is 22.8 Å². The van der Waals surface area contributed by atoms with E-state index in [1.807, 2.05) is 18.2 Å². The maximum absolute atomic E-state index is 13.5. The van der Waals surface area contributed by atoms with Crippen LogP contribution in [0.15, 0.2) is 91.0 Å². The van der Waals surface area contributed by atoms with Crippen molar-refractivity contribution in [2.75, 3.05) is 22.5 Å². The van der Waals surface area contributed by atoms with Gasteiger partial charge in [0.2, 0.25) is 10.0 Å². The van der Waals surface area contributed by atoms with Gasteiger partial charge in [0.25, 0.3) is 5.91 Å². The van der Waals surface area contributed by atoms with E-state index >= 15 is 0 Å². The first-order valence-electron chi connectivity index (χ1n) is 12.0. The van der Waals surface area contributed by atoms with Crippen LogP contribution < -0.4 is 19.1 Å². The molecule has 0 fully saturated rings. The number of nitrogens with zero attached hydrogens (tertiary/aromatic N) is 1. The molecule has 0 spiro atoms. The third kappa shape index (κ3) is 7.28. The monoisotopic (exact) mass is 568 g/mol. The van der Waals surface area contributed by atoms with E-state index in [9.17, 15) is 17.6 Å². The Kier molecular flexibility index (Phi) is 8.73. The van der Waals surface area contributed by atoms with Crippen molar-refractivity contribution in [3.8, 4) is 17.2 Å². The fourth-order valence-electron chi connectivity index (χ4n) is 3.80. The largest absolute Gasteiger partial charge is 0.494 e. The smallest absolute Gasteiger partial charge is 0.255 e. The van der Waals surface area contributed by atoms with Crippen molar-refractivity contribution in [3.05, 3.63) is 113 Å². The first kappa shape index (κ1) is 27.9. The molecule has 0 saturated carbocycles. The third-order valence-corrected chi connectivity index (χ3v) is 6.99. The molecule has 0 heterocycles. The molecule has 4 aromatic carbocycles. The standard InChI is InChI=1S/C29H26ClFN2O5S/c1-3-37-27-15-9-20(17-21(27)19-33(39(2,35)36)24-13-11-23(31)12-14-24)29(34)32-26-18-22(30)10-16-28(26)38-25-7-5-4-6-8-25/h4-18H,3,19H2,1-2H3,(H,32,34). The Labute approximate surface area is 231 Å². The second kappa shape index (κ2) is 12.2. The number of carbonyl (C=O) groups is 1. The van der Waals surface area contributed by atoms with E-state index in [-0.39, 0.29) is 17.8 Å². The number of anilines is 2. The highest BCUT2D eigenvalue weighted by molar-refractivity contribution is 7.92. The maximum Gasteiger partial charge on any atom is 0.255 e. The average Bonchev–Trinajstić information content (AvgIpc) is 2.90. The number of hydrogen-bond donors (Lipinski definition) is 1. The highest BCUT2D eigenvalue weighted by Crippen LogP contribution is 2.33. The summed E-state index contributed by atoms with van der Waals surface area (Å²) in [5.41, 5.74) is 1.34. The molecule has 0 saturated heterocycles. The van der Waals surface area contributed by atoms with Crippen LogP contribution in [0.5, 0.6) is 17.2 Å². The molecule has 7 nitrogen and oxygen atoms in total. The molecule has 0 aromatic heterocycles. The molecule has 10 heteroatoms. The molecule has 4 aromatic rings. The molecule has 1 amide bonds. The van der Waals surface area contributed by atoms with E-state index in [1.165, 1.54) is 24.3 Å². The van der Waals surface area contributed by atoms with Gasteiger partial charge in [-0.3, -0.25) is 9.10 Å². The number of carbonyl (C=O) groups excluding carboxylic acids is 1. The normalized spacial score (nSPS) is 11.1. The predicted molar refractivity (Wildman–Crippen MR) is 151 cm³/mol. The van der Waals surface area contributed by atoms with Gasteiger partial charge in [0.05, 0.1) is 30.8 Å². The van der Waals surface area contributed by atoms with Gasteiger partial charge in [0.15, 0.2) is 5.75 Å². The third-order valence-electron chi connectivity index (χ3n) is 5.61. The Morgan fingerprint density at radius 1 is 0.949 bits per heavy atom. The Morgan fingerprint density at radius 3 is 2.31 bits per heavy atom. The van der Waals surface area contributed by atoms with E-state index in [1.54, 1.807) is 55.5 Å². The van der Waals surface area contributed by atoms with Gasteiger partial charge in [-0.2, -0.15) is 0 Å². The number of nitrogens with one attached hydrogen (secondary N) is 1. The zero-order valence-corrected chi connectivity index (χ0v) is 22.8. The van der Waals surface area contributed by atoms with E-state index in [2.05, 4.69) is 5.32 Å². The number of para-hydroxylation sites is 1. The fraction of sp³-hybridized carbons (Fsp3) is 0.138. The molecule has 0 unspecified atom stereocenters. The minimum absolute atomic E-state index is 0.138. The lowest BCUT2D eigenvalue weighted by molar-refractivity contribution is 0.102. The zero-order valence-electron chi connectivity index (χ0n) is 21.2.